The van der Waals surface area contributed by atoms with E-state index in [-0.39, 0.29) is 24.3 Å². The molecule has 0 fully saturated rings. The van der Waals surface area contributed by atoms with Crippen molar-refractivity contribution in [1.29, 1.82) is 0 Å². The first kappa shape index (κ1) is 77.9. The van der Waals surface area contributed by atoms with Crippen LogP contribution in [-0.2, 0) is 33.4 Å². The topological polar surface area (TPSA) is 116 Å². The van der Waals surface area contributed by atoms with Crippen molar-refractivity contribution in [2.24, 2.45) is 0 Å². The Morgan fingerprint density at radius 2 is 0.463 bits per heavy atom. The summed E-state index contributed by atoms with van der Waals surface area (Å²) in [6.07, 6.45) is 66.3. The fourth-order valence-electron chi connectivity index (χ4n) is 11.7. The summed E-state index contributed by atoms with van der Waals surface area (Å²) in [5, 5.41) is 9.18. The zero-order valence-electron chi connectivity index (χ0n) is 54.2. The molecule has 0 aromatic rings. The summed E-state index contributed by atoms with van der Waals surface area (Å²) in [6, 6.07) is 0. The molecule has 474 valence electrons. The number of aliphatic carboxylic acids is 1. The van der Waals surface area contributed by atoms with Gasteiger partial charge in [0, 0.05) is 32.1 Å². The molecule has 3 unspecified atom stereocenters. The molecular formula is C72H138O8. The monoisotopic (exact) mass is 1130 g/mol. The number of carbonyl (C=O) groups excluding carboxylic acids is 3. The summed E-state index contributed by atoms with van der Waals surface area (Å²) in [4.78, 5) is 52.4. The Morgan fingerprint density at radius 3 is 0.750 bits per heavy atom. The van der Waals surface area contributed by atoms with Crippen molar-refractivity contribution >= 4 is 23.9 Å². The van der Waals surface area contributed by atoms with E-state index in [0.717, 1.165) is 109 Å². The highest BCUT2D eigenvalue weighted by atomic mass is 16.6. The van der Waals surface area contributed by atoms with Crippen molar-refractivity contribution < 1.29 is 38.5 Å². The predicted octanol–water partition coefficient (Wildman–Crippen LogP) is 23.7. The lowest BCUT2D eigenvalue weighted by atomic mass is 9.97. The van der Waals surface area contributed by atoms with Gasteiger partial charge < -0.3 is 19.3 Å². The number of carboxylic acids is 1. The third-order valence-electron chi connectivity index (χ3n) is 17.0. The van der Waals surface area contributed by atoms with Crippen LogP contribution in [0.2, 0.25) is 0 Å². The number of ether oxygens (including phenoxy) is 3. The zero-order chi connectivity index (χ0) is 58.3. The first-order valence-corrected chi connectivity index (χ1v) is 36.1. The molecule has 0 saturated carbocycles. The second-order valence-corrected chi connectivity index (χ2v) is 25.1. The van der Waals surface area contributed by atoms with Gasteiger partial charge in [0.05, 0.1) is 0 Å². The van der Waals surface area contributed by atoms with E-state index in [2.05, 4.69) is 27.7 Å². The van der Waals surface area contributed by atoms with Crippen molar-refractivity contribution in [1.82, 2.24) is 0 Å². The first-order chi connectivity index (χ1) is 39.3. The van der Waals surface area contributed by atoms with Crippen LogP contribution >= 0.6 is 0 Å². The molecule has 1 N–H and O–H groups in total. The predicted molar refractivity (Wildman–Crippen MR) is 342 cm³/mol. The van der Waals surface area contributed by atoms with Gasteiger partial charge in [-0.2, -0.15) is 0 Å². The van der Waals surface area contributed by atoms with Crippen molar-refractivity contribution in [3.63, 3.8) is 0 Å². The lowest BCUT2D eigenvalue weighted by Gasteiger charge is -2.30. The summed E-state index contributed by atoms with van der Waals surface area (Å²) in [6.45, 7) is 9.04. The van der Waals surface area contributed by atoms with Crippen molar-refractivity contribution in [3.8, 4) is 0 Å². The van der Waals surface area contributed by atoms with Crippen LogP contribution in [0, 0.1) is 0 Å². The Kier molecular flexibility index (Phi) is 62.7. The van der Waals surface area contributed by atoms with E-state index in [9.17, 15) is 24.3 Å². The van der Waals surface area contributed by atoms with Crippen LogP contribution in [0.25, 0.3) is 0 Å². The minimum Gasteiger partial charge on any atom is -0.481 e. The Labute approximate surface area is 497 Å². The molecule has 0 amide bonds. The van der Waals surface area contributed by atoms with E-state index >= 15 is 0 Å². The molecule has 0 aromatic carbocycles. The number of esters is 3. The van der Waals surface area contributed by atoms with Gasteiger partial charge in [0.2, 0.25) is 0 Å². The van der Waals surface area contributed by atoms with Gasteiger partial charge in [-0.1, -0.05) is 336 Å². The van der Waals surface area contributed by atoms with Gasteiger partial charge in [-0.3, -0.25) is 19.2 Å². The van der Waals surface area contributed by atoms with Crippen LogP contribution in [0.15, 0.2) is 0 Å². The van der Waals surface area contributed by atoms with Gasteiger partial charge in [-0.25, -0.2) is 0 Å². The quantitative estimate of drug-likeness (QED) is 0.0364. The molecule has 8 heteroatoms. The number of carboxylic acid groups (broad SMARTS) is 1. The van der Waals surface area contributed by atoms with Crippen molar-refractivity contribution in [3.05, 3.63) is 0 Å². The molecule has 0 spiro atoms. The molecule has 0 aliphatic carbocycles. The van der Waals surface area contributed by atoms with Crippen molar-refractivity contribution in [2.75, 3.05) is 0 Å². The summed E-state index contributed by atoms with van der Waals surface area (Å²) in [7, 11) is 0. The minimum atomic E-state index is -0.764. The summed E-state index contributed by atoms with van der Waals surface area (Å²) >= 11 is 0. The normalized spacial score (nSPS) is 12.7. The van der Waals surface area contributed by atoms with Crippen molar-refractivity contribution in [2.45, 2.75) is 438 Å². The van der Waals surface area contributed by atoms with Crippen LogP contribution < -0.4 is 0 Å². The van der Waals surface area contributed by atoms with Crippen LogP contribution in [0.4, 0.5) is 0 Å². The van der Waals surface area contributed by atoms with E-state index in [1.54, 1.807) is 0 Å². The van der Waals surface area contributed by atoms with E-state index in [1.807, 2.05) is 0 Å². The molecule has 0 aliphatic heterocycles. The van der Waals surface area contributed by atoms with Gasteiger partial charge in [0.1, 0.15) is 18.3 Å². The second kappa shape index (κ2) is 64.4. The van der Waals surface area contributed by atoms with E-state index in [1.165, 1.54) is 231 Å². The van der Waals surface area contributed by atoms with Crippen LogP contribution in [0.1, 0.15) is 419 Å². The molecule has 0 heterocycles. The van der Waals surface area contributed by atoms with Gasteiger partial charge in [0.15, 0.2) is 0 Å². The summed E-state index contributed by atoms with van der Waals surface area (Å²) < 4.78 is 19.2. The summed E-state index contributed by atoms with van der Waals surface area (Å²) in [5.74, 6) is -1.43. The minimum absolute atomic E-state index is 0.175. The number of rotatable bonds is 67. The molecule has 0 aromatic heterocycles. The Balaban J connectivity index is 5.64. The molecule has 0 radical (unpaired) electrons. The fraction of sp³-hybridized carbons (Fsp3) is 0.944. The molecule has 3 atom stereocenters. The average Bonchev–Trinajstić information content (AvgIpc) is 3.44. The smallest absolute Gasteiger partial charge is 0.306 e. The average molecular weight is 1130 g/mol. The highest BCUT2D eigenvalue weighted by molar-refractivity contribution is 5.71. The maximum Gasteiger partial charge on any atom is 0.306 e. The van der Waals surface area contributed by atoms with Crippen LogP contribution in [0.5, 0.6) is 0 Å². The number of unbranched alkanes of at least 4 members (excludes halogenated alkanes) is 49. The zero-order valence-corrected chi connectivity index (χ0v) is 54.2. The first-order valence-electron chi connectivity index (χ1n) is 36.1. The molecular weight excluding hydrogens is 993 g/mol. The third kappa shape index (κ3) is 59.1. The molecule has 0 saturated heterocycles. The number of hydrogen-bond donors (Lipinski definition) is 1. The number of hydrogen-bond acceptors (Lipinski definition) is 7. The van der Waals surface area contributed by atoms with Gasteiger partial charge >= 0.3 is 23.9 Å². The maximum absolute atomic E-state index is 13.9. The van der Waals surface area contributed by atoms with Gasteiger partial charge in [-0.05, 0) is 51.4 Å². The van der Waals surface area contributed by atoms with Crippen LogP contribution in [0.3, 0.4) is 0 Å². The van der Waals surface area contributed by atoms with Gasteiger partial charge in [-0.15, -0.1) is 0 Å². The third-order valence-corrected chi connectivity index (χ3v) is 17.0. The molecule has 8 nitrogen and oxygen atoms in total. The second-order valence-electron chi connectivity index (χ2n) is 25.1. The highest BCUT2D eigenvalue weighted by Crippen LogP contribution is 2.26. The fourth-order valence-corrected chi connectivity index (χ4v) is 11.7. The lowest BCUT2D eigenvalue weighted by Crippen LogP contribution is -2.39. The maximum atomic E-state index is 13.9. The number of carbonyl (C=O) groups is 4. The largest absolute Gasteiger partial charge is 0.481 e. The standard InChI is InChI=1S/C72H138O8/c1-5-9-13-17-20-23-26-29-32-35-38-41-44-50-56-62-70(75)78-66(59-53-16-12-8-4)65-68(80-72(77)64-58-52-46-43-40-37-34-31-28-25-22-19-15-11-7-3)67(60-54-48-47-49-55-61-69(73)74)79-71(76)63-57-51-45-42-39-36-33-30-27-24-21-18-14-10-6-2/h66-68H,5-65H2,1-4H3,(H,73,74). The van der Waals surface area contributed by atoms with Gasteiger partial charge in [0.25, 0.3) is 0 Å². The molecule has 0 aliphatic rings. The molecule has 0 rings (SSSR count). The SMILES string of the molecule is CCCCCCCCCCCCCCCCCC(=O)OC(CCCCCC)CC(OC(=O)CCCCCCCCCCCCCCCCC)C(CCCCCCCC(=O)O)OC(=O)CCCCCCCCCCCCCCCCC. The lowest BCUT2D eigenvalue weighted by molar-refractivity contribution is -0.174. The Bertz CT molecular complexity index is 1300. The van der Waals surface area contributed by atoms with E-state index in [4.69, 9.17) is 14.2 Å². The van der Waals surface area contributed by atoms with Crippen LogP contribution in [-0.4, -0.2) is 47.3 Å². The molecule has 0 bridgehead atoms. The highest BCUT2D eigenvalue weighted by Gasteiger charge is 2.32. The van der Waals surface area contributed by atoms with E-state index in [0.29, 0.717) is 44.9 Å². The Morgan fingerprint density at radius 1 is 0.250 bits per heavy atom. The Hall–Kier alpha value is -2.12. The molecule has 80 heavy (non-hydrogen) atoms. The van der Waals surface area contributed by atoms with E-state index < -0.39 is 24.3 Å². The summed E-state index contributed by atoms with van der Waals surface area (Å²) in [5.41, 5.74) is 0.